The molecule has 22 heavy (non-hydrogen) atoms. The summed E-state index contributed by atoms with van der Waals surface area (Å²) in [6.45, 7) is -1.43. The molecule has 1 N–H and O–H groups in total. The fourth-order valence-corrected chi connectivity index (χ4v) is 2.01. The molecule has 118 valence electrons. The average Bonchev–Trinajstić information content (AvgIpc) is 2.47. The van der Waals surface area contributed by atoms with Crippen LogP contribution in [0.5, 0.6) is 5.88 Å². The van der Waals surface area contributed by atoms with Gasteiger partial charge in [0.1, 0.15) is 5.82 Å². The molecule has 1 heterocycles. The fraction of sp³-hybridized carbons (Fsp3) is 0.214. The number of aromatic nitrogens is 1. The first-order valence-electron chi connectivity index (χ1n) is 6.13. The normalized spacial score (nSPS) is 11.4. The highest BCUT2D eigenvalue weighted by molar-refractivity contribution is 6.33. The highest BCUT2D eigenvalue weighted by Gasteiger charge is 2.28. The topological polar surface area (TPSA) is 34.1 Å². The number of hydrogen-bond acceptors (Lipinski definition) is 3. The van der Waals surface area contributed by atoms with Crippen LogP contribution in [-0.4, -0.2) is 24.8 Å². The monoisotopic (exact) mass is 334 g/mol. The molecule has 0 radical (unpaired) electrons. The predicted molar refractivity (Wildman–Crippen MR) is 75.7 cm³/mol. The molecular formula is C14H11ClF4N2O. The molecule has 0 aliphatic carbocycles. The standard InChI is InChI=1S/C14H11ClF4N2O/c1-20-12-5-10(15)9(4-11(12)16)8-2-3-13(21-6-8)22-7-14(17,18)19/h2-6,20H,7H2,1H3. The van der Waals surface area contributed by atoms with Gasteiger partial charge >= 0.3 is 6.18 Å². The van der Waals surface area contributed by atoms with E-state index in [-0.39, 0.29) is 16.6 Å². The molecule has 0 fully saturated rings. The summed E-state index contributed by atoms with van der Waals surface area (Å²) in [6.07, 6.45) is -3.17. The van der Waals surface area contributed by atoms with Crippen molar-refractivity contribution in [3.63, 3.8) is 0 Å². The molecule has 0 saturated heterocycles. The Hall–Kier alpha value is -2.02. The summed E-state index contributed by atoms with van der Waals surface area (Å²) in [5.41, 5.74) is 1.09. The molecule has 0 saturated carbocycles. The lowest BCUT2D eigenvalue weighted by molar-refractivity contribution is -0.154. The molecule has 2 rings (SSSR count). The number of ether oxygens (including phenoxy) is 1. The molecular weight excluding hydrogens is 324 g/mol. The van der Waals surface area contributed by atoms with Crippen molar-refractivity contribution >= 4 is 17.3 Å². The van der Waals surface area contributed by atoms with Gasteiger partial charge in [0, 0.05) is 30.4 Å². The van der Waals surface area contributed by atoms with Gasteiger partial charge in [-0.3, -0.25) is 0 Å². The summed E-state index contributed by atoms with van der Waals surface area (Å²) >= 11 is 6.06. The molecule has 0 aliphatic heterocycles. The first-order chi connectivity index (χ1) is 10.3. The van der Waals surface area contributed by atoms with Crippen LogP contribution < -0.4 is 10.1 Å². The van der Waals surface area contributed by atoms with Gasteiger partial charge in [0.15, 0.2) is 6.61 Å². The van der Waals surface area contributed by atoms with E-state index in [1.165, 1.54) is 30.5 Å². The summed E-state index contributed by atoms with van der Waals surface area (Å²) in [5, 5.41) is 2.94. The lowest BCUT2D eigenvalue weighted by atomic mass is 10.1. The molecule has 0 unspecified atom stereocenters. The first-order valence-corrected chi connectivity index (χ1v) is 6.51. The number of halogens is 5. The third kappa shape index (κ3) is 4.00. The fourth-order valence-electron chi connectivity index (χ4n) is 1.74. The zero-order valence-electron chi connectivity index (χ0n) is 11.3. The van der Waals surface area contributed by atoms with E-state index in [0.29, 0.717) is 11.1 Å². The minimum atomic E-state index is -4.43. The maximum Gasteiger partial charge on any atom is 0.422 e. The van der Waals surface area contributed by atoms with Crippen molar-refractivity contribution in [2.24, 2.45) is 0 Å². The first kappa shape index (κ1) is 16.4. The number of nitrogens with one attached hydrogen (secondary N) is 1. The second kappa shape index (κ2) is 6.39. The molecule has 0 bridgehead atoms. The van der Waals surface area contributed by atoms with Crippen molar-refractivity contribution in [1.29, 1.82) is 0 Å². The smallest absolute Gasteiger partial charge is 0.422 e. The predicted octanol–water partition coefficient (Wildman–Crippen LogP) is 4.52. The van der Waals surface area contributed by atoms with Gasteiger partial charge < -0.3 is 10.1 Å². The van der Waals surface area contributed by atoms with Crippen LogP contribution in [0.15, 0.2) is 30.5 Å². The van der Waals surface area contributed by atoms with Crippen LogP contribution in [0, 0.1) is 5.82 Å². The lowest BCUT2D eigenvalue weighted by Crippen LogP contribution is -2.19. The van der Waals surface area contributed by atoms with Crippen LogP contribution in [0.4, 0.5) is 23.2 Å². The Bertz CT molecular complexity index is 659. The number of alkyl halides is 3. The van der Waals surface area contributed by atoms with Crippen LogP contribution in [0.25, 0.3) is 11.1 Å². The third-order valence-electron chi connectivity index (χ3n) is 2.76. The summed E-state index contributed by atoms with van der Waals surface area (Å²) in [7, 11) is 1.56. The lowest BCUT2D eigenvalue weighted by Gasteiger charge is -2.10. The van der Waals surface area contributed by atoms with E-state index in [0.717, 1.165) is 0 Å². The van der Waals surface area contributed by atoms with Crippen LogP contribution >= 0.6 is 11.6 Å². The van der Waals surface area contributed by atoms with E-state index in [4.69, 9.17) is 11.6 Å². The average molecular weight is 335 g/mol. The molecule has 3 nitrogen and oxygen atoms in total. The largest absolute Gasteiger partial charge is 0.468 e. The Morgan fingerprint density at radius 1 is 1.27 bits per heavy atom. The number of pyridine rings is 1. The SMILES string of the molecule is CNc1cc(Cl)c(-c2ccc(OCC(F)(F)F)nc2)cc1F. The van der Waals surface area contributed by atoms with Crippen molar-refractivity contribution in [2.75, 3.05) is 19.0 Å². The van der Waals surface area contributed by atoms with E-state index in [1.54, 1.807) is 7.05 Å². The Kier molecular flexibility index (Phi) is 4.75. The van der Waals surface area contributed by atoms with Gasteiger partial charge in [-0.1, -0.05) is 11.6 Å². The second-order valence-corrected chi connectivity index (χ2v) is 4.76. The van der Waals surface area contributed by atoms with Crippen LogP contribution in [-0.2, 0) is 0 Å². The maximum absolute atomic E-state index is 13.8. The molecule has 2 aromatic rings. The van der Waals surface area contributed by atoms with Gasteiger partial charge in [-0.2, -0.15) is 13.2 Å². The van der Waals surface area contributed by atoms with Gasteiger partial charge in [0.25, 0.3) is 0 Å². The van der Waals surface area contributed by atoms with Gasteiger partial charge in [0.05, 0.1) is 10.7 Å². The van der Waals surface area contributed by atoms with E-state index >= 15 is 0 Å². The van der Waals surface area contributed by atoms with Gasteiger partial charge in [-0.15, -0.1) is 0 Å². The number of benzene rings is 1. The molecule has 8 heteroatoms. The molecule has 0 atom stereocenters. The Balaban J connectivity index is 2.22. The van der Waals surface area contributed by atoms with Crippen molar-refractivity contribution in [3.8, 4) is 17.0 Å². The Morgan fingerprint density at radius 2 is 2.00 bits per heavy atom. The highest BCUT2D eigenvalue weighted by atomic mass is 35.5. The summed E-state index contributed by atoms with van der Waals surface area (Å²) in [5.74, 6) is -0.677. The van der Waals surface area contributed by atoms with Crippen molar-refractivity contribution in [3.05, 3.63) is 41.3 Å². The number of nitrogens with zero attached hydrogens (tertiary/aromatic N) is 1. The zero-order chi connectivity index (χ0) is 16.3. The third-order valence-corrected chi connectivity index (χ3v) is 3.07. The number of rotatable bonds is 4. The quantitative estimate of drug-likeness (QED) is 0.834. The van der Waals surface area contributed by atoms with E-state index in [2.05, 4.69) is 15.0 Å². The van der Waals surface area contributed by atoms with Crippen molar-refractivity contribution in [2.45, 2.75) is 6.18 Å². The number of anilines is 1. The van der Waals surface area contributed by atoms with Gasteiger partial charge in [-0.25, -0.2) is 9.37 Å². The molecule has 1 aromatic carbocycles. The Morgan fingerprint density at radius 3 is 2.55 bits per heavy atom. The highest BCUT2D eigenvalue weighted by Crippen LogP contribution is 2.32. The minimum Gasteiger partial charge on any atom is -0.468 e. The molecule has 0 amide bonds. The van der Waals surface area contributed by atoms with Crippen LogP contribution in [0.3, 0.4) is 0 Å². The molecule has 1 aromatic heterocycles. The number of hydrogen-bond donors (Lipinski definition) is 1. The van der Waals surface area contributed by atoms with Crippen LogP contribution in [0.1, 0.15) is 0 Å². The van der Waals surface area contributed by atoms with E-state index in [1.807, 2.05) is 0 Å². The Labute approximate surface area is 128 Å². The van der Waals surface area contributed by atoms with Crippen molar-refractivity contribution < 1.29 is 22.3 Å². The zero-order valence-corrected chi connectivity index (χ0v) is 12.1. The molecule has 0 aliphatic rings. The summed E-state index contributed by atoms with van der Waals surface area (Å²) in [6, 6.07) is 5.36. The van der Waals surface area contributed by atoms with E-state index in [9.17, 15) is 17.6 Å². The van der Waals surface area contributed by atoms with Crippen LogP contribution in [0.2, 0.25) is 5.02 Å². The second-order valence-electron chi connectivity index (χ2n) is 4.35. The minimum absolute atomic E-state index is 0.176. The maximum atomic E-state index is 13.8. The van der Waals surface area contributed by atoms with Gasteiger partial charge in [0.2, 0.25) is 5.88 Å². The van der Waals surface area contributed by atoms with Crippen molar-refractivity contribution in [1.82, 2.24) is 4.98 Å². The van der Waals surface area contributed by atoms with Gasteiger partial charge in [-0.05, 0) is 18.2 Å². The summed E-state index contributed by atoms with van der Waals surface area (Å²) in [4.78, 5) is 3.75. The van der Waals surface area contributed by atoms with E-state index < -0.39 is 18.6 Å². The molecule has 0 spiro atoms. The summed E-state index contributed by atoms with van der Waals surface area (Å²) < 4.78 is 54.4.